The lowest BCUT2D eigenvalue weighted by Gasteiger charge is -2.23. The highest BCUT2D eigenvalue weighted by molar-refractivity contribution is 6.32. The fraction of sp³-hybridized carbons (Fsp3) is 0.333. The van der Waals surface area contributed by atoms with E-state index in [0.29, 0.717) is 0 Å². The average molecular weight is 286 g/mol. The maximum atomic E-state index is 12.0. The highest BCUT2D eigenvalue weighted by Crippen LogP contribution is 2.25. The Labute approximate surface area is 113 Å². The molecule has 2 rings (SSSR count). The Bertz CT molecular complexity index is 525. The summed E-state index contributed by atoms with van der Waals surface area (Å²) in [5.41, 5.74) is -1.23. The van der Waals surface area contributed by atoms with Crippen LogP contribution >= 0.6 is 11.6 Å². The van der Waals surface area contributed by atoms with Crippen molar-refractivity contribution in [2.75, 3.05) is 13.2 Å². The maximum absolute atomic E-state index is 12.0. The molecule has 1 fully saturated rings. The zero-order chi connectivity index (χ0) is 14.0. The van der Waals surface area contributed by atoms with E-state index in [4.69, 9.17) is 16.3 Å². The van der Waals surface area contributed by atoms with Crippen molar-refractivity contribution >= 4 is 23.5 Å². The summed E-state index contributed by atoms with van der Waals surface area (Å²) in [6, 6.07) is 3.91. The molecule has 3 N–H and O–H groups in total. The van der Waals surface area contributed by atoms with Crippen LogP contribution in [0.15, 0.2) is 18.2 Å². The lowest BCUT2D eigenvalue weighted by molar-refractivity contribution is -0.144. The summed E-state index contributed by atoms with van der Waals surface area (Å²) >= 11 is 5.70. The van der Waals surface area contributed by atoms with Gasteiger partial charge in [0.05, 0.1) is 11.6 Å². The van der Waals surface area contributed by atoms with Crippen LogP contribution in [0.25, 0.3) is 0 Å². The van der Waals surface area contributed by atoms with E-state index in [9.17, 15) is 19.8 Å². The summed E-state index contributed by atoms with van der Waals surface area (Å²) in [4.78, 5) is 23.3. The Morgan fingerprint density at radius 2 is 2.16 bits per heavy atom. The van der Waals surface area contributed by atoms with Gasteiger partial charge in [-0.15, -0.1) is 0 Å². The second kappa shape index (κ2) is 5.07. The van der Waals surface area contributed by atoms with Crippen LogP contribution < -0.4 is 5.32 Å². The highest BCUT2D eigenvalue weighted by Gasteiger charge is 2.44. The molecule has 0 aliphatic carbocycles. The zero-order valence-electron chi connectivity index (χ0n) is 9.85. The third-order valence-electron chi connectivity index (χ3n) is 2.99. The number of phenolic OH excluding ortho intramolecular Hbond substituents is 1. The number of benzene rings is 1. The van der Waals surface area contributed by atoms with Crippen molar-refractivity contribution in [1.29, 1.82) is 0 Å². The van der Waals surface area contributed by atoms with Crippen molar-refractivity contribution in [1.82, 2.24) is 5.32 Å². The van der Waals surface area contributed by atoms with Crippen molar-refractivity contribution in [3.8, 4) is 5.75 Å². The van der Waals surface area contributed by atoms with Gasteiger partial charge < -0.3 is 20.3 Å². The largest absolute Gasteiger partial charge is 0.506 e. The monoisotopic (exact) mass is 285 g/mol. The molecule has 7 heteroatoms. The SMILES string of the molecule is O=C(NC1(C(=O)O)CCOC1)c1ccc(O)c(Cl)c1. The molecule has 1 saturated heterocycles. The molecule has 1 aliphatic heterocycles. The van der Waals surface area contributed by atoms with Gasteiger partial charge in [0.15, 0.2) is 5.54 Å². The van der Waals surface area contributed by atoms with Crippen molar-refractivity contribution in [2.45, 2.75) is 12.0 Å². The summed E-state index contributed by atoms with van der Waals surface area (Å²) in [5.74, 6) is -1.85. The van der Waals surface area contributed by atoms with Gasteiger partial charge in [-0.1, -0.05) is 11.6 Å². The molecule has 19 heavy (non-hydrogen) atoms. The number of carbonyl (C=O) groups is 2. The van der Waals surface area contributed by atoms with Crippen LogP contribution in [0.2, 0.25) is 5.02 Å². The number of amides is 1. The molecule has 1 atom stereocenters. The van der Waals surface area contributed by atoms with Crippen LogP contribution in [0.3, 0.4) is 0 Å². The molecule has 1 aromatic carbocycles. The molecule has 1 heterocycles. The lowest BCUT2D eigenvalue weighted by atomic mass is 9.98. The highest BCUT2D eigenvalue weighted by atomic mass is 35.5. The van der Waals surface area contributed by atoms with Crippen molar-refractivity contribution in [3.05, 3.63) is 28.8 Å². The molecule has 0 spiro atoms. The number of hydrogen-bond donors (Lipinski definition) is 3. The molecule has 0 aromatic heterocycles. The van der Waals surface area contributed by atoms with Gasteiger partial charge in [-0.3, -0.25) is 4.79 Å². The van der Waals surface area contributed by atoms with Crippen LogP contribution in [0.5, 0.6) is 5.75 Å². The van der Waals surface area contributed by atoms with E-state index in [1.807, 2.05) is 0 Å². The molecule has 1 amide bonds. The van der Waals surface area contributed by atoms with Gasteiger partial charge in [-0.2, -0.15) is 0 Å². The summed E-state index contributed by atoms with van der Waals surface area (Å²) in [7, 11) is 0. The minimum absolute atomic E-state index is 0.0275. The summed E-state index contributed by atoms with van der Waals surface area (Å²) in [5, 5.41) is 20.9. The first-order valence-electron chi connectivity index (χ1n) is 5.57. The number of ether oxygens (including phenoxy) is 1. The Hall–Kier alpha value is -1.79. The zero-order valence-corrected chi connectivity index (χ0v) is 10.6. The van der Waals surface area contributed by atoms with E-state index in [2.05, 4.69) is 5.32 Å². The Morgan fingerprint density at radius 1 is 1.42 bits per heavy atom. The number of rotatable bonds is 3. The van der Waals surface area contributed by atoms with E-state index in [1.165, 1.54) is 18.2 Å². The number of nitrogens with one attached hydrogen (secondary N) is 1. The molecule has 0 saturated carbocycles. The van der Waals surface area contributed by atoms with Gasteiger partial charge in [0.2, 0.25) is 0 Å². The summed E-state index contributed by atoms with van der Waals surface area (Å²) in [6.07, 6.45) is 0.208. The van der Waals surface area contributed by atoms with Gasteiger partial charge in [-0.05, 0) is 18.2 Å². The third-order valence-corrected chi connectivity index (χ3v) is 3.30. The van der Waals surface area contributed by atoms with Crippen molar-refractivity contribution < 1.29 is 24.5 Å². The number of carboxylic acids is 1. The first kappa shape index (κ1) is 13.6. The van der Waals surface area contributed by atoms with E-state index in [1.54, 1.807) is 0 Å². The molecule has 0 radical (unpaired) electrons. The predicted octanol–water partition coefficient (Wildman–Crippen LogP) is 1.02. The predicted molar refractivity (Wildman–Crippen MR) is 66.4 cm³/mol. The number of hydrogen-bond acceptors (Lipinski definition) is 4. The molecule has 1 unspecified atom stereocenters. The molecular formula is C12H12ClNO5. The number of halogens is 1. The topological polar surface area (TPSA) is 95.9 Å². The second-order valence-corrected chi connectivity index (χ2v) is 4.72. The smallest absolute Gasteiger partial charge is 0.331 e. The lowest BCUT2D eigenvalue weighted by Crippen LogP contribution is -2.55. The number of carbonyl (C=O) groups excluding carboxylic acids is 1. The molecule has 0 bridgehead atoms. The molecule has 1 aromatic rings. The average Bonchev–Trinajstić information content (AvgIpc) is 2.82. The second-order valence-electron chi connectivity index (χ2n) is 4.31. The van der Waals surface area contributed by atoms with E-state index in [-0.39, 0.29) is 36.0 Å². The van der Waals surface area contributed by atoms with Crippen molar-refractivity contribution in [3.63, 3.8) is 0 Å². The fourth-order valence-electron chi connectivity index (χ4n) is 1.82. The third kappa shape index (κ3) is 2.64. The Balaban J connectivity index is 2.20. The number of carboxylic acid groups (broad SMARTS) is 1. The van der Waals surface area contributed by atoms with Crippen molar-refractivity contribution in [2.24, 2.45) is 0 Å². The normalized spacial score (nSPS) is 22.2. The van der Waals surface area contributed by atoms with Gasteiger partial charge in [0.25, 0.3) is 5.91 Å². The number of aliphatic carboxylic acids is 1. The summed E-state index contributed by atoms with van der Waals surface area (Å²) < 4.78 is 5.04. The minimum atomic E-state index is -1.40. The Kier molecular flexibility index (Phi) is 3.64. The van der Waals surface area contributed by atoms with Gasteiger partial charge in [-0.25, -0.2) is 4.79 Å². The number of phenols is 1. The van der Waals surface area contributed by atoms with Crippen LogP contribution in [-0.4, -0.2) is 40.8 Å². The number of aromatic hydroxyl groups is 1. The van der Waals surface area contributed by atoms with Gasteiger partial charge >= 0.3 is 5.97 Å². The molecular weight excluding hydrogens is 274 g/mol. The molecule has 1 aliphatic rings. The maximum Gasteiger partial charge on any atom is 0.331 e. The molecule has 102 valence electrons. The van der Waals surface area contributed by atoms with E-state index in [0.717, 1.165) is 0 Å². The van der Waals surface area contributed by atoms with Crippen LogP contribution in [-0.2, 0) is 9.53 Å². The first-order chi connectivity index (χ1) is 8.94. The van der Waals surface area contributed by atoms with Crippen LogP contribution in [0.4, 0.5) is 0 Å². The standard InChI is InChI=1S/C12H12ClNO5/c13-8-5-7(1-2-9(8)15)10(16)14-12(11(17)18)3-4-19-6-12/h1-2,5,15H,3-4,6H2,(H,14,16)(H,17,18). The quantitative estimate of drug-likeness (QED) is 0.770. The van der Waals surface area contributed by atoms with E-state index < -0.39 is 17.4 Å². The Morgan fingerprint density at radius 3 is 2.68 bits per heavy atom. The minimum Gasteiger partial charge on any atom is -0.506 e. The molecule has 6 nitrogen and oxygen atoms in total. The van der Waals surface area contributed by atoms with E-state index >= 15 is 0 Å². The van der Waals surface area contributed by atoms with Gasteiger partial charge in [0, 0.05) is 18.6 Å². The van der Waals surface area contributed by atoms with Gasteiger partial charge in [0.1, 0.15) is 5.75 Å². The fourth-order valence-corrected chi connectivity index (χ4v) is 2.00. The van der Waals surface area contributed by atoms with Crippen LogP contribution in [0.1, 0.15) is 16.8 Å². The summed E-state index contributed by atoms with van der Waals surface area (Å²) in [6.45, 7) is 0.211. The first-order valence-corrected chi connectivity index (χ1v) is 5.94. The van der Waals surface area contributed by atoms with Crippen LogP contribution in [0, 0.1) is 0 Å².